The maximum atomic E-state index is 8.66. The van der Waals surface area contributed by atoms with E-state index in [0.717, 1.165) is 22.8 Å². The number of hydrogen-bond acceptors (Lipinski definition) is 4. The van der Waals surface area contributed by atoms with Crippen LogP contribution in [0.5, 0.6) is 0 Å². The van der Waals surface area contributed by atoms with Gasteiger partial charge in [-0.15, -0.1) is 0 Å². The highest BCUT2D eigenvalue weighted by Crippen LogP contribution is 2.19. The number of nitrogens with two attached hydrogens (primary N) is 2. The topological polar surface area (TPSA) is 90.1 Å². The van der Waals surface area contributed by atoms with E-state index in [2.05, 4.69) is 11.7 Å². The summed E-state index contributed by atoms with van der Waals surface area (Å²) in [6.07, 6.45) is 11.0. The standard InChI is InChI=1S/C12H17N3.C6H11NO.2C2H6/c1-5-7-11(8-6-2)15-10(4)12(13)9(3)14-15;1-3-4-6(7)5(2)8;2*1-2/h5-8H,1,13H2,2-4H3;3-4,8H,7H2,1-2H3;2*1-2H3/b8-6-,11-7+;4-3-,6-5-;;. The molecule has 0 aromatic carbocycles. The number of aliphatic hydroxyl groups excluding tert-OH is 1. The van der Waals surface area contributed by atoms with Crippen LogP contribution < -0.4 is 11.5 Å². The van der Waals surface area contributed by atoms with Crippen LogP contribution in [-0.2, 0) is 0 Å². The lowest BCUT2D eigenvalue weighted by molar-refractivity contribution is 0.408. The Morgan fingerprint density at radius 3 is 1.81 bits per heavy atom. The SMILES string of the molecule is C/C=C\C(N)=C(/C)O.C=C/C=C(\C=C/C)n1nc(C)c(N)c1C.CC.CC. The van der Waals surface area contributed by atoms with Gasteiger partial charge >= 0.3 is 0 Å². The van der Waals surface area contributed by atoms with Gasteiger partial charge in [0, 0.05) is 0 Å². The number of aryl methyl sites for hydroxylation is 1. The van der Waals surface area contributed by atoms with Crippen molar-refractivity contribution in [3.05, 3.63) is 65.9 Å². The van der Waals surface area contributed by atoms with Crippen LogP contribution in [0.3, 0.4) is 0 Å². The molecule has 1 heterocycles. The summed E-state index contributed by atoms with van der Waals surface area (Å²) < 4.78 is 1.83. The first kappa shape index (κ1) is 29.1. The highest BCUT2D eigenvalue weighted by molar-refractivity contribution is 5.62. The molecule has 1 rings (SSSR count). The van der Waals surface area contributed by atoms with Crippen molar-refractivity contribution in [3.63, 3.8) is 0 Å². The number of nitrogen functional groups attached to an aromatic ring is 1. The minimum atomic E-state index is 0.170. The Bertz CT molecular complexity index is 644. The summed E-state index contributed by atoms with van der Waals surface area (Å²) in [4.78, 5) is 0. The number of anilines is 1. The average molecular weight is 377 g/mol. The van der Waals surface area contributed by atoms with Crippen LogP contribution in [-0.4, -0.2) is 14.9 Å². The van der Waals surface area contributed by atoms with E-state index in [9.17, 15) is 0 Å². The van der Waals surface area contributed by atoms with Crippen molar-refractivity contribution >= 4 is 11.4 Å². The van der Waals surface area contributed by atoms with E-state index >= 15 is 0 Å². The van der Waals surface area contributed by atoms with Gasteiger partial charge < -0.3 is 16.6 Å². The van der Waals surface area contributed by atoms with E-state index in [1.54, 1.807) is 25.2 Å². The second-order valence-corrected chi connectivity index (χ2v) is 4.86. The first-order chi connectivity index (χ1) is 12.8. The van der Waals surface area contributed by atoms with Crippen LogP contribution in [0.25, 0.3) is 5.70 Å². The normalized spacial score (nSPS) is 11.5. The van der Waals surface area contributed by atoms with Crippen molar-refractivity contribution < 1.29 is 5.11 Å². The lowest BCUT2D eigenvalue weighted by Gasteiger charge is -2.04. The van der Waals surface area contributed by atoms with Gasteiger partial charge in [-0.2, -0.15) is 5.10 Å². The molecule has 5 nitrogen and oxygen atoms in total. The van der Waals surface area contributed by atoms with Crippen LogP contribution in [0.2, 0.25) is 0 Å². The number of allylic oxidation sites excluding steroid dienone is 8. The Hall–Kier alpha value is -2.69. The quantitative estimate of drug-likeness (QED) is 0.441. The summed E-state index contributed by atoms with van der Waals surface area (Å²) in [6.45, 7) is 20.9. The van der Waals surface area contributed by atoms with E-state index in [-0.39, 0.29) is 5.76 Å². The Labute approximate surface area is 166 Å². The molecule has 0 aliphatic heterocycles. The van der Waals surface area contributed by atoms with E-state index in [1.807, 2.05) is 78.3 Å². The van der Waals surface area contributed by atoms with Gasteiger partial charge in [-0.3, -0.25) is 0 Å². The Kier molecular flexibility index (Phi) is 19.5. The van der Waals surface area contributed by atoms with Crippen LogP contribution in [0.1, 0.15) is 59.9 Å². The summed E-state index contributed by atoms with van der Waals surface area (Å²) in [7, 11) is 0. The zero-order valence-electron chi connectivity index (χ0n) is 18.7. The first-order valence-corrected chi connectivity index (χ1v) is 9.35. The maximum Gasteiger partial charge on any atom is 0.112 e. The zero-order valence-corrected chi connectivity index (χ0v) is 18.7. The Morgan fingerprint density at radius 1 is 1.07 bits per heavy atom. The third-order valence-corrected chi connectivity index (χ3v) is 2.98. The summed E-state index contributed by atoms with van der Waals surface area (Å²) in [5.41, 5.74) is 15.1. The largest absolute Gasteiger partial charge is 0.510 e. The predicted octanol–water partition coefficient (Wildman–Crippen LogP) is 6.05. The highest BCUT2D eigenvalue weighted by atomic mass is 16.3. The van der Waals surface area contributed by atoms with Crippen molar-refractivity contribution in [2.45, 2.75) is 62.3 Å². The lowest BCUT2D eigenvalue weighted by atomic mass is 10.3. The second kappa shape index (κ2) is 18.1. The fourth-order valence-electron chi connectivity index (χ4n) is 1.69. The Morgan fingerprint density at radius 2 is 1.56 bits per heavy atom. The minimum absolute atomic E-state index is 0.170. The number of aliphatic hydroxyl groups is 1. The first-order valence-electron chi connectivity index (χ1n) is 9.35. The molecule has 154 valence electrons. The fraction of sp³-hybridized carbons (Fsp3) is 0.409. The third kappa shape index (κ3) is 11.5. The molecule has 0 unspecified atom stereocenters. The van der Waals surface area contributed by atoms with Crippen molar-refractivity contribution in [3.8, 4) is 0 Å². The average Bonchev–Trinajstić information content (AvgIpc) is 2.93. The van der Waals surface area contributed by atoms with Gasteiger partial charge in [0.15, 0.2) is 0 Å². The van der Waals surface area contributed by atoms with Crippen LogP contribution in [0, 0.1) is 13.8 Å². The second-order valence-electron chi connectivity index (χ2n) is 4.86. The van der Waals surface area contributed by atoms with Gasteiger partial charge in [-0.05, 0) is 52.8 Å². The summed E-state index contributed by atoms with van der Waals surface area (Å²) >= 11 is 0. The van der Waals surface area contributed by atoms with E-state index in [0.29, 0.717) is 5.70 Å². The fourth-order valence-corrected chi connectivity index (χ4v) is 1.69. The van der Waals surface area contributed by atoms with Gasteiger partial charge in [0.25, 0.3) is 0 Å². The number of aromatic nitrogens is 2. The molecule has 0 spiro atoms. The molecular formula is C22H40N4O. The zero-order chi connectivity index (χ0) is 22.0. The van der Waals surface area contributed by atoms with E-state index < -0.39 is 0 Å². The van der Waals surface area contributed by atoms with Crippen molar-refractivity contribution in [2.24, 2.45) is 5.73 Å². The van der Waals surface area contributed by atoms with E-state index in [1.165, 1.54) is 0 Å². The molecular weight excluding hydrogens is 336 g/mol. The molecule has 0 amide bonds. The van der Waals surface area contributed by atoms with Gasteiger partial charge in [0.2, 0.25) is 0 Å². The molecule has 0 radical (unpaired) electrons. The van der Waals surface area contributed by atoms with Crippen molar-refractivity contribution in [1.29, 1.82) is 0 Å². The van der Waals surface area contributed by atoms with Gasteiger partial charge in [0.05, 0.1) is 28.5 Å². The van der Waals surface area contributed by atoms with Crippen molar-refractivity contribution in [2.75, 3.05) is 5.73 Å². The molecule has 1 aromatic rings. The van der Waals surface area contributed by atoms with Crippen LogP contribution in [0.4, 0.5) is 5.69 Å². The molecule has 0 saturated heterocycles. The third-order valence-electron chi connectivity index (χ3n) is 2.98. The molecule has 0 saturated carbocycles. The smallest absolute Gasteiger partial charge is 0.112 e. The number of hydrogen-bond donors (Lipinski definition) is 3. The van der Waals surface area contributed by atoms with Gasteiger partial charge in [-0.25, -0.2) is 4.68 Å². The molecule has 1 aromatic heterocycles. The maximum absolute atomic E-state index is 8.66. The van der Waals surface area contributed by atoms with Gasteiger partial charge in [0.1, 0.15) is 5.76 Å². The van der Waals surface area contributed by atoms with E-state index in [4.69, 9.17) is 16.6 Å². The molecule has 0 aliphatic rings. The molecule has 0 atom stereocenters. The molecule has 5 heteroatoms. The molecule has 5 N–H and O–H groups in total. The summed E-state index contributed by atoms with van der Waals surface area (Å²) in [5.74, 6) is 0.170. The molecule has 0 bridgehead atoms. The minimum Gasteiger partial charge on any atom is -0.510 e. The number of nitrogens with zero attached hydrogens (tertiary/aromatic N) is 2. The molecule has 0 aliphatic carbocycles. The van der Waals surface area contributed by atoms with Crippen LogP contribution in [0.15, 0.2) is 54.5 Å². The summed E-state index contributed by atoms with van der Waals surface area (Å²) in [5, 5.41) is 13.0. The lowest BCUT2D eigenvalue weighted by Crippen LogP contribution is -2.00. The van der Waals surface area contributed by atoms with Gasteiger partial charge in [-0.1, -0.05) is 52.5 Å². The molecule has 27 heavy (non-hydrogen) atoms. The highest BCUT2D eigenvalue weighted by Gasteiger charge is 2.09. The molecule has 0 fully saturated rings. The predicted molar refractivity (Wildman–Crippen MR) is 122 cm³/mol. The van der Waals surface area contributed by atoms with Crippen molar-refractivity contribution in [1.82, 2.24) is 9.78 Å². The Balaban J connectivity index is -0.000000408. The number of rotatable bonds is 4. The summed E-state index contributed by atoms with van der Waals surface area (Å²) in [6, 6.07) is 0. The van der Waals surface area contributed by atoms with Crippen LogP contribution >= 0.6 is 0 Å². The monoisotopic (exact) mass is 376 g/mol.